The fourth-order valence-corrected chi connectivity index (χ4v) is 1.95. The normalized spacial score (nSPS) is 10.8. The molecule has 1 N–H and O–H groups in total. The van der Waals surface area contributed by atoms with E-state index in [0.29, 0.717) is 12.4 Å². The number of ether oxygens (including phenoxy) is 1. The van der Waals surface area contributed by atoms with Gasteiger partial charge in [0.2, 0.25) is 0 Å². The van der Waals surface area contributed by atoms with Gasteiger partial charge in [-0.2, -0.15) is 0 Å². The summed E-state index contributed by atoms with van der Waals surface area (Å²) in [5, 5.41) is 9.66. The van der Waals surface area contributed by atoms with E-state index in [-0.39, 0.29) is 0 Å². The van der Waals surface area contributed by atoms with Crippen molar-refractivity contribution in [1.29, 1.82) is 0 Å². The maximum atomic E-state index is 9.66. The summed E-state index contributed by atoms with van der Waals surface area (Å²) < 4.78 is 5.63. The lowest BCUT2D eigenvalue weighted by Crippen LogP contribution is -1.97. The molecule has 0 atom stereocenters. The van der Waals surface area contributed by atoms with Crippen molar-refractivity contribution in [2.45, 2.75) is 53.1 Å². The van der Waals surface area contributed by atoms with Crippen molar-refractivity contribution in [2.75, 3.05) is 6.61 Å². The first-order valence-corrected chi connectivity index (χ1v) is 6.52. The third-order valence-electron chi connectivity index (χ3n) is 2.96. The summed E-state index contributed by atoms with van der Waals surface area (Å²) in [6.07, 6.45) is 4.95. The van der Waals surface area contributed by atoms with Crippen LogP contribution < -0.4 is 0 Å². The van der Waals surface area contributed by atoms with Crippen LogP contribution in [0.5, 0.6) is 5.75 Å². The van der Waals surface area contributed by atoms with E-state index >= 15 is 0 Å². The molecule has 0 aliphatic carbocycles. The quantitative estimate of drug-likeness (QED) is 0.722. The second-order valence-corrected chi connectivity index (χ2v) is 4.69. The number of aryl methyl sites for hydroxylation is 2. The number of hydrogen-bond donors (Lipinski definition) is 1. The van der Waals surface area contributed by atoms with Crippen molar-refractivity contribution < 1.29 is 9.84 Å². The molecule has 0 aromatic heterocycles. The zero-order valence-corrected chi connectivity index (χ0v) is 11.3. The average molecular weight is 236 g/mol. The van der Waals surface area contributed by atoms with Gasteiger partial charge in [-0.3, -0.25) is 0 Å². The van der Waals surface area contributed by atoms with E-state index in [0.717, 1.165) is 29.7 Å². The molecule has 1 aromatic rings. The van der Waals surface area contributed by atoms with Gasteiger partial charge in [-0.15, -0.1) is 0 Å². The predicted octanol–water partition coefficient (Wildman–Crippen LogP) is 4.11. The number of unbranched alkanes of at least 4 members (excludes halogenated alkanes) is 3. The second kappa shape index (κ2) is 7.33. The van der Waals surface area contributed by atoms with Gasteiger partial charge in [-0.05, 0) is 37.0 Å². The van der Waals surface area contributed by atoms with Gasteiger partial charge in [0, 0.05) is 6.61 Å². The number of phenols is 1. The molecule has 2 heteroatoms. The molecule has 0 amide bonds. The number of benzene rings is 1. The van der Waals surface area contributed by atoms with E-state index in [1.807, 2.05) is 26.0 Å². The molecule has 17 heavy (non-hydrogen) atoms. The van der Waals surface area contributed by atoms with Crippen LogP contribution in [0.25, 0.3) is 0 Å². The molecular weight excluding hydrogens is 212 g/mol. The molecule has 0 radical (unpaired) electrons. The summed E-state index contributed by atoms with van der Waals surface area (Å²) in [7, 11) is 0. The largest absolute Gasteiger partial charge is 0.507 e. The lowest BCUT2D eigenvalue weighted by molar-refractivity contribution is 0.116. The highest BCUT2D eigenvalue weighted by Crippen LogP contribution is 2.23. The standard InChI is InChI=1S/C15H24O2/c1-4-5-6-7-8-17-11-14-9-12(2)15(16)13(3)10-14/h9-10,16H,4-8,11H2,1-3H3. The molecule has 0 saturated carbocycles. The van der Waals surface area contributed by atoms with E-state index in [4.69, 9.17) is 4.74 Å². The molecule has 0 bridgehead atoms. The van der Waals surface area contributed by atoms with Crippen molar-refractivity contribution in [3.05, 3.63) is 28.8 Å². The zero-order valence-electron chi connectivity index (χ0n) is 11.3. The van der Waals surface area contributed by atoms with E-state index in [2.05, 4.69) is 6.92 Å². The number of hydrogen-bond acceptors (Lipinski definition) is 2. The monoisotopic (exact) mass is 236 g/mol. The molecule has 0 fully saturated rings. The lowest BCUT2D eigenvalue weighted by atomic mass is 10.1. The highest BCUT2D eigenvalue weighted by Gasteiger charge is 2.03. The Hall–Kier alpha value is -1.02. The van der Waals surface area contributed by atoms with Crippen LogP contribution in [0, 0.1) is 13.8 Å². The third-order valence-corrected chi connectivity index (χ3v) is 2.96. The lowest BCUT2D eigenvalue weighted by Gasteiger charge is -2.08. The van der Waals surface area contributed by atoms with E-state index in [1.54, 1.807) is 0 Å². The average Bonchev–Trinajstić information content (AvgIpc) is 2.30. The van der Waals surface area contributed by atoms with Crippen molar-refractivity contribution in [3.8, 4) is 5.75 Å². The van der Waals surface area contributed by atoms with Crippen molar-refractivity contribution in [3.63, 3.8) is 0 Å². The van der Waals surface area contributed by atoms with E-state index < -0.39 is 0 Å². The highest BCUT2D eigenvalue weighted by molar-refractivity contribution is 5.41. The number of rotatable bonds is 7. The van der Waals surface area contributed by atoms with Crippen LogP contribution >= 0.6 is 0 Å². The molecule has 0 aliphatic heterocycles. The van der Waals surface area contributed by atoms with Gasteiger partial charge < -0.3 is 9.84 Å². The minimum Gasteiger partial charge on any atom is -0.507 e. The number of aromatic hydroxyl groups is 1. The van der Waals surface area contributed by atoms with Crippen LogP contribution in [-0.2, 0) is 11.3 Å². The molecule has 0 heterocycles. The zero-order chi connectivity index (χ0) is 12.7. The van der Waals surface area contributed by atoms with Crippen molar-refractivity contribution >= 4 is 0 Å². The predicted molar refractivity (Wildman–Crippen MR) is 71.4 cm³/mol. The van der Waals surface area contributed by atoms with Crippen molar-refractivity contribution in [1.82, 2.24) is 0 Å². The SMILES string of the molecule is CCCCCCOCc1cc(C)c(O)c(C)c1. The number of phenolic OH excluding ortho intramolecular Hbond substituents is 1. The Morgan fingerprint density at radius 3 is 2.29 bits per heavy atom. The molecular formula is C15H24O2. The summed E-state index contributed by atoms with van der Waals surface area (Å²) >= 11 is 0. The van der Waals surface area contributed by atoms with Crippen LogP contribution in [0.1, 0.15) is 49.3 Å². The summed E-state index contributed by atoms with van der Waals surface area (Å²) in [5.74, 6) is 0.400. The fraction of sp³-hybridized carbons (Fsp3) is 0.600. The minimum atomic E-state index is 0.400. The van der Waals surface area contributed by atoms with Gasteiger partial charge in [0.15, 0.2) is 0 Å². The summed E-state index contributed by atoms with van der Waals surface area (Å²) in [6, 6.07) is 3.99. The Labute approximate surface area is 105 Å². The molecule has 0 aliphatic rings. The first kappa shape index (κ1) is 14.0. The van der Waals surface area contributed by atoms with Gasteiger partial charge in [0.1, 0.15) is 5.75 Å². The smallest absolute Gasteiger partial charge is 0.121 e. The van der Waals surface area contributed by atoms with Gasteiger partial charge in [-0.25, -0.2) is 0 Å². The topological polar surface area (TPSA) is 29.5 Å². The first-order chi connectivity index (χ1) is 8.15. The van der Waals surface area contributed by atoms with Crippen LogP contribution in [0.15, 0.2) is 12.1 Å². The van der Waals surface area contributed by atoms with Gasteiger partial charge in [0.05, 0.1) is 6.61 Å². The van der Waals surface area contributed by atoms with Gasteiger partial charge in [-0.1, -0.05) is 38.3 Å². The second-order valence-electron chi connectivity index (χ2n) is 4.69. The Balaban J connectivity index is 2.32. The van der Waals surface area contributed by atoms with Crippen molar-refractivity contribution in [2.24, 2.45) is 0 Å². The van der Waals surface area contributed by atoms with Crippen LogP contribution in [0.3, 0.4) is 0 Å². The minimum absolute atomic E-state index is 0.400. The molecule has 1 rings (SSSR count). The maximum Gasteiger partial charge on any atom is 0.121 e. The fourth-order valence-electron chi connectivity index (χ4n) is 1.95. The third kappa shape index (κ3) is 4.78. The Morgan fingerprint density at radius 2 is 1.71 bits per heavy atom. The summed E-state index contributed by atoms with van der Waals surface area (Å²) in [4.78, 5) is 0. The van der Waals surface area contributed by atoms with Crippen LogP contribution in [0.2, 0.25) is 0 Å². The Kier molecular flexibility index (Phi) is 6.06. The molecule has 0 unspecified atom stereocenters. The van der Waals surface area contributed by atoms with Crippen LogP contribution in [0.4, 0.5) is 0 Å². The van der Waals surface area contributed by atoms with Gasteiger partial charge >= 0.3 is 0 Å². The Morgan fingerprint density at radius 1 is 1.06 bits per heavy atom. The summed E-state index contributed by atoms with van der Waals surface area (Å²) in [5.41, 5.74) is 3.00. The molecule has 1 aromatic carbocycles. The Bertz CT molecular complexity index is 322. The van der Waals surface area contributed by atoms with E-state index in [1.165, 1.54) is 19.3 Å². The maximum absolute atomic E-state index is 9.66. The van der Waals surface area contributed by atoms with Crippen LogP contribution in [-0.4, -0.2) is 11.7 Å². The first-order valence-electron chi connectivity index (χ1n) is 6.52. The van der Waals surface area contributed by atoms with E-state index in [9.17, 15) is 5.11 Å². The summed E-state index contributed by atoms with van der Waals surface area (Å²) in [6.45, 7) is 7.54. The molecule has 0 saturated heterocycles. The van der Waals surface area contributed by atoms with Gasteiger partial charge in [0.25, 0.3) is 0 Å². The molecule has 96 valence electrons. The molecule has 2 nitrogen and oxygen atoms in total. The molecule has 0 spiro atoms. The highest BCUT2D eigenvalue weighted by atomic mass is 16.5.